The fourth-order valence-electron chi connectivity index (χ4n) is 3.14. The molecule has 1 fully saturated rings. The van der Waals surface area contributed by atoms with Crippen molar-refractivity contribution in [3.63, 3.8) is 0 Å². The molecule has 0 aromatic carbocycles. The molecule has 1 saturated carbocycles. The molecule has 0 spiro atoms. The van der Waals surface area contributed by atoms with Gasteiger partial charge in [-0.3, -0.25) is 4.79 Å². The van der Waals surface area contributed by atoms with Crippen LogP contribution in [0.1, 0.15) is 41.9 Å². The summed E-state index contributed by atoms with van der Waals surface area (Å²) in [6.45, 7) is 1.90. The van der Waals surface area contributed by atoms with Crippen LogP contribution in [0.3, 0.4) is 0 Å². The number of ether oxygens (including phenoxy) is 1. The highest BCUT2D eigenvalue weighted by molar-refractivity contribution is 5.95. The molecule has 3 unspecified atom stereocenters. The summed E-state index contributed by atoms with van der Waals surface area (Å²) in [5.41, 5.74) is 1.43. The first-order chi connectivity index (χ1) is 10.4. The van der Waals surface area contributed by atoms with Crippen LogP contribution in [0.15, 0.2) is 12.1 Å². The predicted molar refractivity (Wildman–Crippen MR) is 81.8 cm³/mol. The van der Waals surface area contributed by atoms with Crippen molar-refractivity contribution in [3.8, 4) is 0 Å². The minimum Gasteiger partial charge on any atom is -0.480 e. The van der Waals surface area contributed by atoms with Gasteiger partial charge in [0.15, 0.2) is 0 Å². The molecule has 1 heterocycles. The van der Waals surface area contributed by atoms with Crippen molar-refractivity contribution in [2.24, 2.45) is 13.0 Å². The Labute approximate surface area is 130 Å². The summed E-state index contributed by atoms with van der Waals surface area (Å²) in [5.74, 6) is -1.43. The minimum atomic E-state index is -0.985. The molecule has 22 heavy (non-hydrogen) atoms. The number of aryl methyl sites for hydroxylation is 1. The zero-order valence-electron chi connectivity index (χ0n) is 13.3. The van der Waals surface area contributed by atoms with Gasteiger partial charge in [-0.15, -0.1) is 0 Å². The van der Waals surface area contributed by atoms with E-state index in [1.165, 1.54) is 0 Å². The summed E-state index contributed by atoms with van der Waals surface area (Å²) in [7, 11) is 3.44. The van der Waals surface area contributed by atoms with E-state index in [1.54, 1.807) is 24.8 Å². The monoisotopic (exact) mass is 308 g/mol. The molecule has 1 aliphatic carbocycles. The molecular weight excluding hydrogens is 284 g/mol. The van der Waals surface area contributed by atoms with Crippen LogP contribution in [0.2, 0.25) is 0 Å². The molecule has 0 saturated heterocycles. The van der Waals surface area contributed by atoms with Crippen molar-refractivity contribution in [2.45, 2.75) is 44.8 Å². The van der Waals surface area contributed by atoms with E-state index in [0.717, 1.165) is 25.0 Å². The first-order valence-corrected chi connectivity index (χ1v) is 7.62. The topological polar surface area (TPSA) is 80.6 Å². The van der Waals surface area contributed by atoms with E-state index in [9.17, 15) is 14.7 Å². The first-order valence-electron chi connectivity index (χ1n) is 7.62. The average molecular weight is 308 g/mol. The molecule has 122 valence electrons. The van der Waals surface area contributed by atoms with Gasteiger partial charge in [0, 0.05) is 19.9 Å². The van der Waals surface area contributed by atoms with Gasteiger partial charge in [0.25, 0.3) is 5.91 Å². The van der Waals surface area contributed by atoms with Gasteiger partial charge in [-0.25, -0.2) is 4.79 Å². The van der Waals surface area contributed by atoms with Crippen LogP contribution in [0.5, 0.6) is 0 Å². The van der Waals surface area contributed by atoms with Crippen molar-refractivity contribution >= 4 is 11.9 Å². The molecule has 1 aromatic heterocycles. The molecule has 6 heteroatoms. The molecule has 2 rings (SSSR count). The molecule has 0 bridgehead atoms. The standard InChI is InChI=1S/C16H24N2O4/c1-10-7-8-13(18(10)2)15(19)17-14(16(20)21)11-5-4-6-12(9-11)22-3/h7-8,11-12,14H,4-6,9H2,1-3H3,(H,17,19)(H,20,21). The van der Waals surface area contributed by atoms with E-state index in [1.807, 2.05) is 13.0 Å². The van der Waals surface area contributed by atoms with E-state index < -0.39 is 12.0 Å². The number of carboxylic acids is 1. The molecular formula is C16H24N2O4. The van der Waals surface area contributed by atoms with Crippen molar-refractivity contribution in [3.05, 3.63) is 23.5 Å². The highest BCUT2D eigenvalue weighted by atomic mass is 16.5. The summed E-state index contributed by atoms with van der Waals surface area (Å²) < 4.78 is 7.11. The molecule has 1 aromatic rings. The van der Waals surface area contributed by atoms with Crippen molar-refractivity contribution < 1.29 is 19.4 Å². The number of hydrogen-bond acceptors (Lipinski definition) is 3. The van der Waals surface area contributed by atoms with Crippen molar-refractivity contribution in [1.29, 1.82) is 0 Å². The normalized spacial score (nSPS) is 23.0. The Morgan fingerprint density at radius 2 is 2.14 bits per heavy atom. The van der Waals surface area contributed by atoms with Gasteiger partial charge in [0.1, 0.15) is 11.7 Å². The van der Waals surface area contributed by atoms with E-state index in [0.29, 0.717) is 12.1 Å². The molecule has 0 radical (unpaired) electrons. The quantitative estimate of drug-likeness (QED) is 0.868. The third-order valence-corrected chi connectivity index (χ3v) is 4.63. The third kappa shape index (κ3) is 3.50. The fourth-order valence-corrected chi connectivity index (χ4v) is 3.14. The Kier molecular flexibility index (Phi) is 5.24. The largest absolute Gasteiger partial charge is 0.480 e. The summed E-state index contributed by atoms with van der Waals surface area (Å²) in [5, 5.41) is 12.2. The molecule has 6 nitrogen and oxygen atoms in total. The predicted octanol–water partition coefficient (Wildman–Crippen LogP) is 1.72. The Balaban J connectivity index is 2.10. The lowest BCUT2D eigenvalue weighted by molar-refractivity contribution is -0.141. The van der Waals surface area contributed by atoms with E-state index in [-0.39, 0.29) is 17.9 Å². The number of amides is 1. The zero-order chi connectivity index (χ0) is 16.3. The van der Waals surface area contributed by atoms with Crippen molar-refractivity contribution in [1.82, 2.24) is 9.88 Å². The minimum absolute atomic E-state index is 0.0785. The fraction of sp³-hybridized carbons (Fsp3) is 0.625. The Bertz CT molecular complexity index is 552. The zero-order valence-corrected chi connectivity index (χ0v) is 13.3. The third-order valence-electron chi connectivity index (χ3n) is 4.63. The van der Waals surface area contributed by atoms with Gasteiger partial charge in [-0.1, -0.05) is 6.42 Å². The lowest BCUT2D eigenvalue weighted by Crippen LogP contribution is -2.48. The van der Waals surface area contributed by atoms with Gasteiger partial charge in [-0.2, -0.15) is 0 Å². The van der Waals surface area contributed by atoms with E-state index in [4.69, 9.17) is 4.74 Å². The number of rotatable bonds is 5. The maximum absolute atomic E-state index is 12.4. The number of carbonyl (C=O) groups is 2. The van der Waals surface area contributed by atoms with Crippen LogP contribution in [0.25, 0.3) is 0 Å². The Morgan fingerprint density at radius 1 is 1.41 bits per heavy atom. The second-order valence-electron chi connectivity index (χ2n) is 5.99. The maximum Gasteiger partial charge on any atom is 0.326 e. The highest BCUT2D eigenvalue weighted by Crippen LogP contribution is 2.29. The number of nitrogens with zero attached hydrogens (tertiary/aromatic N) is 1. The average Bonchev–Trinajstić information content (AvgIpc) is 2.84. The van der Waals surface area contributed by atoms with Crippen LogP contribution in [-0.4, -0.2) is 40.8 Å². The van der Waals surface area contributed by atoms with Crippen LogP contribution in [0, 0.1) is 12.8 Å². The van der Waals surface area contributed by atoms with Gasteiger partial charge >= 0.3 is 5.97 Å². The Morgan fingerprint density at radius 3 is 2.68 bits per heavy atom. The first kappa shape index (κ1) is 16.5. The molecule has 3 atom stereocenters. The van der Waals surface area contributed by atoms with Gasteiger partial charge in [0.2, 0.25) is 0 Å². The number of hydrogen-bond donors (Lipinski definition) is 2. The van der Waals surface area contributed by atoms with Crippen molar-refractivity contribution in [2.75, 3.05) is 7.11 Å². The highest BCUT2D eigenvalue weighted by Gasteiger charge is 2.34. The number of methoxy groups -OCH3 is 1. The molecule has 1 amide bonds. The van der Waals surface area contributed by atoms with E-state index in [2.05, 4.69) is 5.32 Å². The van der Waals surface area contributed by atoms with Crippen LogP contribution in [0.4, 0.5) is 0 Å². The van der Waals surface area contributed by atoms with Crippen LogP contribution < -0.4 is 5.32 Å². The summed E-state index contributed by atoms with van der Waals surface area (Å²) in [6, 6.07) is 2.68. The number of carbonyl (C=O) groups excluding carboxylic acids is 1. The second-order valence-corrected chi connectivity index (χ2v) is 5.99. The lowest BCUT2D eigenvalue weighted by atomic mass is 9.82. The van der Waals surface area contributed by atoms with E-state index >= 15 is 0 Å². The number of nitrogens with one attached hydrogen (secondary N) is 1. The van der Waals surface area contributed by atoms with Gasteiger partial charge in [-0.05, 0) is 44.2 Å². The Hall–Kier alpha value is -1.82. The second kappa shape index (κ2) is 6.96. The summed E-state index contributed by atoms with van der Waals surface area (Å²) >= 11 is 0. The van der Waals surface area contributed by atoms with Crippen LogP contribution in [-0.2, 0) is 16.6 Å². The smallest absolute Gasteiger partial charge is 0.326 e. The maximum atomic E-state index is 12.4. The lowest BCUT2D eigenvalue weighted by Gasteiger charge is -2.32. The number of aromatic nitrogens is 1. The summed E-state index contributed by atoms with van der Waals surface area (Å²) in [4.78, 5) is 23.9. The number of carboxylic acid groups (broad SMARTS) is 1. The SMILES string of the molecule is COC1CCCC(C(NC(=O)c2ccc(C)n2C)C(=O)O)C1. The summed E-state index contributed by atoms with van der Waals surface area (Å²) in [6.07, 6.45) is 3.41. The van der Waals surface area contributed by atoms with Gasteiger partial charge in [0.05, 0.1) is 6.10 Å². The molecule has 0 aliphatic heterocycles. The molecule has 1 aliphatic rings. The van der Waals surface area contributed by atoms with Crippen LogP contribution >= 0.6 is 0 Å². The number of aliphatic carboxylic acids is 1. The van der Waals surface area contributed by atoms with Gasteiger partial charge < -0.3 is 19.7 Å². The molecule has 2 N–H and O–H groups in total.